The topological polar surface area (TPSA) is 12.0 Å². The number of hydrogen-bond acceptors (Lipinski definition) is 1. The van der Waals surface area contributed by atoms with Crippen molar-refractivity contribution in [2.24, 2.45) is 0 Å². The summed E-state index contributed by atoms with van der Waals surface area (Å²) in [6.07, 6.45) is 1.84. The monoisotopic (exact) mass is 225 g/mol. The van der Waals surface area contributed by atoms with Gasteiger partial charge in [0.05, 0.1) is 0 Å². The van der Waals surface area contributed by atoms with Crippen LogP contribution in [0.25, 0.3) is 0 Å². The van der Waals surface area contributed by atoms with E-state index in [4.69, 9.17) is 0 Å². The SMILES string of the molecule is C=CCNc1cccc(C)c1Br. The third kappa shape index (κ3) is 2.11. The van der Waals surface area contributed by atoms with Crippen LogP contribution in [-0.2, 0) is 0 Å². The van der Waals surface area contributed by atoms with Crippen LogP contribution in [0.2, 0.25) is 0 Å². The van der Waals surface area contributed by atoms with Gasteiger partial charge < -0.3 is 5.32 Å². The summed E-state index contributed by atoms with van der Waals surface area (Å²) in [7, 11) is 0. The lowest BCUT2D eigenvalue weighted by Gasteiger charge is -2.07. The Hall–Kier alpha value is -0.760. The zero-order chi connectivity index (χ0) is 8.97. The molecule has 1 rings (SSSR count). The molecular formula is C10H12BrN. The van der Waals surface area contributed by atoms with Crippen LogP contribution < -0.4 is 5.32 Å². The van der Waals surface area contributed by atoms with Gasteiger partial charge in [0.15, 0.2) is 0 Å². The maximum absolute atomic E-state index is 3.65. The van der Waals surface area contributed by atoms with E-state index >= 15 is 0 Å². The van der Waals surface area contributed by atoms with E-state index in [-0.39, 0.29) is 0 Å². The molecule has 2 heteroatoms. The number of hydrogen-bond donors (Lipinski definition) is 1. The number of halogens is 1. The minimum absolute atomic E-state index is 0.794. The molecule has 0 amide bonds. The second-order valence-electron chi connectivity index (χ2n) is 2.61. The van der Waals surface area contributed by atoms with E-state index in [9.17, 15) is 0 Å². The van der Waals surface area contributed by atoms with E-state index in [2.05, 4.69) is 40.8 Å². The highest BCUT2D eigenvalue weighted by Crippen LogP contribution is 2.25. The third-order valence-corrected chi connectivity index (χ3v) is 2.68. The molecule has 0 aliphatic heterocycles. The zero-order valence-corrected chi connectivity index (χ0v) is 8.69. The molecule has 0 atom stereocenters. The fraction of sp³-hybridized carbons (Fsp3) is 0.200. The first kappa shape index (κ1) is 9.33. The summed E-state index contributed by atoms with van der Waals surface area (Å²) in [5.74, 6) is 0. The minimum atomic E-state index is 0.794. The average Bonchev–Trinajstić information content (AvgIpc) is 2.08. The van der Waals surface area contributed by atoms with Gasteiger partial charge in [-0.25, -0.2) is 0 Å². The summed E-state index contributed by atoms with van der Waals surface area (Å²) < 4.78 is 1.13. The molecule has 0 bridgehead atoms. The van der Waals surface area contributed by atoms with Crippen molar-refractivity contribution in [2.75, 3.05) is 11.9 Å². The highest BCUT2D eigenvalue weighted by atomic mass is 79.9. The summed E-state index contributed by atoms with van der Waals surface area (Å²) in [5, 5.41) is 3.24. The molecule has 1 nitrogen and oxygen atoms in total. The van der Waals surface area contributed by atoms with Gasteiger partial charge in [-0.2, -0.15) is 0 Å². The molecule has 0 aliphatic rings. The van der Waals surface area contributed by atoms with Crippen molar-refractivity contribution in [1.29, 1.82) is 0 Å². The minimum Gasteiger partial charge on any atom is -0.381 e. The summed E-state index contributed by atoms with van der Waals surface area (Å²) in [4.78, 5) is 0. The lowest BCUT2D eigenvalue weighted by atomic mass is 10.2. The van der Waals surface area contributed by atoms with Gasteiger partial charge >= 0.3 is 0 Å². The third-order valence-electron chi connectivity index (χ3n) is 1.63. The highest BCUT2D eigenvalue weighted by Gasteiger charge is 1.99. The summed E-state index contributed by atoms with van der Waals surface area (Å²) in [5.41, 5.74) is 2.36. The van der Waals surface area contributed by atoms with E-state index in [1.165, 1.54) is 5.56 Å². The van der Waals surface area contributed by atoms with Crippen LogP contribution in [0, 0.1) is 6.92 Å². The molecule has 12 heavy (non-hydrogen) atoms. The average molecular weight is 226 g/mol. The first-order valence-corrected chi connectivity index (χ1v) is 4.65. The van der Waals surface area contributed by atoms with Gasteiger partial charge in [-0.1, -0.05) is 18.2 Å². The van der Waals surface area contributed by atoms with Crippen LogP contribution >= 0.6 is 15.9 Å². The summed E-state index contributed by atoms with van der Waals surface area (Å²) in [6.45, 7) is 6.52. The molecule has 0 saturated heterocycles. The summed E-state index contributed by atoms with van der Waals surface area (Å²) >= 11 is 3.51. The Balaban J connectivity index is 2.84. The van der Waals surface area contributed by atoms with Crippen molar-refractivity contribution in [3.63, 3.8) is 0 Å². The van der Waals surface area contributed by atoms with Gasteiger partial charge in [0.1, 0.15) is 0 Å². The Kier molecular flexibility index (Phi) is 3.35. The number of aryl methyl sites for hydroxylation is 1. The number of anilines is 1. The molecule has 0 aliphatic carbocycles. The van der Waals surface area contributed by atoms with Crippen LogP contribution in [0.1, 0.15) is 5.56 Å². The van der Waals surface area contributed by atoms with E-state index in [0.717, 1.165) is 16.7 Å². The van der Waals surface area contributed by atoms with Crippen LogP contribution in [0.3, 0.4) is 0 Å². The Morgan fingerprint density at radius 1 is 1.58 bits per heavy atom. The first-order chi connectivity index (χ1) is 5.75. The molecule has 64 valence electrons. The molecule has 0 aromatic heterocycles. The Morgan fingerprint density at radius 2 is 2.33 bits per heavy atom. The molecule has 0 radical (unpaired) electrons. The van der Waals surface area contributed by atoms with E-state index in [1.807, 2.05) is 18.2 Å². The van der Waals surface area contributed by atoms with Gasteiger partial charge in [-0.05, 0) is 34.5 Å². The second-order valence-corrected chi connectivity index (χ2v) is 3.40. The van der Waals surface area contributed by atoms with Crippen LogP contribution in [0.4, 0.5) is 5.69 Å². The van der Waals surface area contributed by atoms with Gasteiger partial charge in [0.2, 0.25) is 0 Å². The predicted octanol–water partition coefficient (Wildman–Crippen LogP) is 3.36. The van der Waals surface area contributed by atoms with Crippen LogP contribution in [0.15, 0.2) is 35.3 Å². The Labute approximate surface area is 81.6 Å². The highest BCUT2D eigenvalue weighted by molar-refractivity contribution is 9.10. The van der Waals surface area contributed by atoms with E-state index in [1.54, 1.807) is 0 Å². The molecular weight excluding hydrogens is 214 g/mol. The predicted molar refractivity (Wildman–Crippen MR) is 57.6 cm³/mol. The standard InChI is InChI=1S/C10H12BrN/c1-3-7-12-9-6-4-5-8(2)10(9)11/h3-6,12H,1,7H2,2H3. The molecule has 0 heterocycles. The van der Waals surface area contributed by atoms with Crippen LogP contribution in [0.5, 0.6) is 0 Å². The molecule has 1 aromatic rings. The van der Waals surface area contributed by atoms with Gasteiger partial charge in [-0.15, -0.1) is 6.58 Å². The van der Waals surface area contributed by atoms with Crippen molar-refractivity contribution in [3.05, 3.63) is 40.9 Å². The van der Waals surface area contributed by atoms with Crippen molar-refractivity contribution in [2.45, 2.75) is 6.92 Å². The Morgan fingerprint density at radius 3 is 3.00 bits per heavy atom. The quantitative estimate of drug-likeness (QED) is 0.779. The first-order valence-electron chi connectivity index (χ1n) is 3.85. The normalized spacial score (nSPS) is 9.50. The second kappa shape index (κ2) is 4.31. The fourth-order valence-electron chi connectivity index (χ4n) is 0.966. The lowest BCUT2D eigenvalue weighted by molar-refractivity contribution is 1.31. The van der Waals surface area contributed by atoms with Crippen molar-refractivity contribution < 1.29 is 0 Å². The number of nitrogens with one attached hydrogen (secondary N) is 1. The molecule has 0 unspecified atom stereocenters. The zero-order valence-electron chi connectivity index (χ0n) is 7.10. The maximum Gasteiger partial charge on any atom is 0.0489 e. The molecule has 1 aromatic carbocycles. The fourth-order valence-corrected chi connectivity index (χ4v) is 1.37. The van der Waals surface area contributed by atoms with Crippen LogP contribution in [-0.4, -0.2) is 6.54 Å². The number of benzene rings is 1. The maximum atomic E-state index is 3.65. The van der Waals surface area contributed by atoms with Crippen molar-refractivity contribution in [1.82, 2.24) is 0 Å². The van der Waals surface area contributed by atoms with Gasteiger partial charge in [0.25, 0.3) is 0 Å². The molecule has 0 spiro atoms. The van der Waals surface area contributed by atoms with Gasteiger partial charge in [0, 0.05) is 16.7 Å². The van der Waals surface area contributed by atoms with Gasteiger partial charge in [-0.3, -0.25) is 0 Å². The Bertz CT molecular complexity index is 281. The molecule has 1 N–H and O–H groups in total. The van der Waals surface area contributed by atoms with Crippen molar-refractivity contribution >= 4 is 21.6 Å². The number of rotatable bonds is 3. The molecule has 0 fully saturated rings. The lowest BCUT2D eigenvalue weighted by Crippen LogP contribution is -1.98. The van der Waals surface area contributed by atoms with Crippen molar-refractivity contribution in [3.8, 4) is 0 Å². The smallest absolute Gasteiger partial charge is 0.0489 e. The van der Waals surface area contributed by atoms with E-state index in [0.29, 0.717) is 0 Å². The summed E-state index contributed by atoms with van der Waals surface area (Å²) in [6, 6.07) is 6.15. The van der Waals surface area contributed by atoms with E-state index < -0.39 is 0 Å². The molecule has 0 saturated carbocycles. The largest absolute Gasteiger partial charge is 0.381 e.